The number of nitrogens with zero attached hydrogens (tertiary/aromatic N) is 4. The zero-order valence-electron chi connectivity index (χ0n) is 25.2. The number of ether oxygens (including phenoxy) is 2. The molecule has 11 heteroatoms. The molecule has 0 radical (unpaired) electrons. The van der Waals surface area contributed by atoms with E-state index < -0.39 is 29.0 Å². The van der Waals surface area contributed by atoms with Crippen molar-refractivity contribution in [2.75, 3.05) is 6.61 Å². The van der Waals surface area contributed by atoms with Gasteiger partial charge in [-0.1, -0.05) is 12.1 Å². The number of halogens is 3. The zero-order valence-corrected chi connectivity index (χ0v) is 25.2. The molecule has 0 amide bonds. The molecule has 2 fully saturated rings. The average molecular weight is 639 g/mol. The first kappa shape index (κ1) is 30.4. The van der Waals surface area contributed by atoms with Gasteiger partial charge in [-0.2, -0.15) is 5.26 Å². The molecule has 1 saturated heterocycles. The third-order valence-corrected chi connectivity index (χ3v) is 9.00. The summed E-state index contributed by atoms with van der Waals surface area (Å²) in [5.41, 5.74) is 1.41. The Balaban J connectivity index is 1.17. The Hall–Kier alpha value is -5.21. The first-order valence-electron chi connectivity index (χ1n) is 15.4. The summed E-state index contributed by atoms with van der Waals surface area (Å²) in [6, 6.07) is 17.4. The van der Waals surface area contributed by atoms with Crippen LogP contribution in [0, 0.1) is 34.7 Å². The van der Waals surface area contributed by atoms with E-state index in [0.717, 1.165) is 43.9 Å². The highest BCUT2D eigenvalue weighted by atomic mass is 19.1. The summed E-state index contributed by atoms with van der Waals surface area (Å²) in [5.74, 6) is -2.07. The summed E-state index contributed by atoms with van der Waals surface area (Å²) in [4.78, 5) is 20.8. The maximum atomic E-state index is 15.7. The Bertz CT molecular complexity index is 2060. The fraction of sp³-hybridized carbons (Fsp3) is 0.278. The summed E-state index contributed by atoms with van der Waals surface area (Å²) >= 11 is 0. The maximum Gasteiger partial charge on any atom is 0.335 e. The van der Waals surface area contributed by atoms with Gasteiger partial charge in [0.25, 0.3) is 0 Å². The minimum Gasteiger partial charge on any atom is -0.478 e. The first-order chi connectivity index (χ1) is 22.7. The third-order valence-electron chi connectivity index (χ3n) is 9.00. The van der Waals surface area contributed by atoms with Crippen molar-refractivity contribution in [2.24, 2.45) is 5.92 Å². The van der Waals surface area contributed by atoms with Crippen molar-refractivity contribution in [2.45, 2.75) is 50.9 Å². The molecule has 0 spiro atoms. The third kappa shape index (κ3) is 6.04. The first-order valence-corrected chi connectivity index (χ1v) is 15.4. The van der Waals surface area contributed by atoms with Crippen molar-refractivity contribution in [1.29, 1.82) is 5.26 Å². The minimum atomic E-state index is -1.07. The summed E-state index contributed by atoms with van der Waals surface area (Å²) in [6.45, 7) is 0.913. The highest BCUT2D eigenvalue weighted by Gasteiger charge is 2.49. The fourth-order valence-corrected chi connectivity index (χ4v) is 6.41. The van der Waals surface area contributed by atoms with Crippen LogP contribution in [0.25, 0.3) is 22.3 Å². The number of fused-ring (bicyclic) bond motifs is 1. The van der Waals surface area contributed by atoms with E-state index in [0.29, 0.717) is 35.9 Å². The van der Waals surface area contributed by atoms with Gasteiger partial charge in [0.1, 0.15) is 29.9 Å². The number of pyridine rings is 1. The second kappa shape index (κ2) is 12.2. The number of benzene rings is 3. The average Bonchev–Trinajstić information content (AvgIpc) is 3.74. The molecule has 3 aromatic carbocycles. The lowest BCUT2D eigenvalue weighted by atomic mass is 9.93. The van der Waals surface area contributed by atoms with Crippen LogP contribution in [0.1, 0.15) is 58.6 Å². The molecule has 8 nitrogen and oxygen atoms in total. The maximum absolute atomic E-state index is 15.7. The molecule has 47 heavy (non-hydrogen) atoms. The van der Waals surface area contributed by atoms with Crippen LogP contribution >= 0.6 is 0 Å². The van der Waals surface area contributed by atoms with Crippen LogP contribution in [0.3, 0.4) is 0 Å². The van der Waals surface area contributed by atoms with Crippen LogP contribution in [-0.2, 0) is 24.3 Å². The molecule has 0 bridgehead atoms. The normalized spacial score (nSPS) is 17.6. The van der Waals surface area contributed by atoms with Crippen molar-refractivity contribution in [3.63, 3.8) is 0 Å². The van der Waals surface area contributed by atoms with E-state index in [2.05, 4.69) is 4.98 Å². The van der Waals surface area contributed by atoms with E-state index in [-0.39, 0.29) is 52.4 Å². The summed E-state index contributed by atoms with van der Waals surface area (Å²) in [6.07, 6.45) is 3.86. The van der Waals surface area contributed by atoms with Gasteiger partial charge in [0.05, 0.1) is 46.1 Å². The van der Waals surface area contributed by atoms with E-state index in [1.165, 1.54) is 30.3 Å². The number of carbonyl (C=O) groups is 1. The number of imidazole rings is 1. The van der Waals surface area contributed by atoms with Gasteiger partial charge in [-0.3, -0.25) is 0 Å². The molecular weight excluding hydrogens is 609 g/mol. The van der Waals surface area contributed by atoms with Crippen molar-refractivity contribution in [3.05, 3.63) is 112 Å². The molecule has 3 heterocycles. The Morgan fingerprint density at radius 3 is 2.57 bits per heavy atom. The molecule has 238 valence electrons. The van der Waals surface area contributed by atoms with Gasteiger partial charge < -0.3 is 19.1 Å². The molecule has 2 aromatic heterocycles. The molecular formula is C36H29F3N4O4. The topological polar surface area (TPSA) is 110 Å². The molecule has 1 aliphatic carbocycles. The Labute approximate surface area is 268 Å². The number of aromatic nitrogens is 3. The van der Waals surface area contributed by atoms with Crippen LogP contribution in [0.4, 0.5) is 13.2 Å². The Kier molecular flexibility index (Phi) is 7.90. The summed E-state index contributed by atoms with van der Waals surface area (Å²) in [5, 5.41) is 18.6. The van der Waals surface area contributed by atoms with E-state index in [1.54, 1.807) is 18.2 Å². The lowest BCUT2D eigenvalue weighted by molar-refractivity contribution is -0.0277. The van der Waals surface area contributed by atoms with Gasteiger partial charge in [-0.25, -0.2) is 27.9 Å². The van der Waals surface area contributed by atoms with Gasteiger partial charge in [0.2, 0.25) is 5.88 Å². The van der Waals surface area contributed by atoms with E-state index in [4.69, 9.17) is 19.7 Å². The lowest BCUT2D eigenvalue weighted by Crippen LogP contribution is -2.36. The van der Waals surface area contributed by atoms with Crippen molar-refractivity contribution < 1.29 is 32.5 Å². The van der Waals surface area contributed by atoms with E-state index in [9.17, 15) is 14.3 Å². The van der Waals surface area contributed by atoms with E-state index in [1.807, 2.05) is 10.6 Å². The molecule has 1 aliphatic heterocycles. The van der Waals surface area contributed by atoms with Crippen LogP contribution in [-0.4, -0.2) is 37.8 Å². The van der Waals surface area contributed by atoms with Crippen LogP contribution in [0.15, 0.2) is 66.7 Å². The Morgan fingerprint density at radius 1 is 1.02 bits per heavy atom. The zero-order chi connectivity index (χ0) is 32.7. The number of aromatic carboxylic acids is 1. The van der Waals surface area contributed by atoms with Crippen LogP contribution < -0.4 is 4.74 Å². The molecule has 1 atom stereocenters. The highest BCUT2D eigenvalue weighted by molar-refractivity contribution is 5.92. The monoisotopic (exact) mass is 638 g/mol. The molecule has 1 unspecified atom stereocenters. The molecule has 2 aliphatic rings. The number of nitriles is 1. The predicted octanol–water partition coefficient (Wildman–Crippen LogP) is 7.21. The van der Waals surface area contributed by atoms with Crippen LogP contribution in [0.5, 0.6) is 5.88 Å². The van der Waals surface area contributed by atoms with Crippen molar-refractivity contribution in [1.82, 2.24) is 14.5 Å². The van der Waals surface area contributed by atoms with Crippen molar-refractivity contribution in [3.8, 4) is 23.2 Å². The number of carboxylic acids is 1. The van der Waals surface area contributed by atoms with Gasteiger partial charge >= 0.3 is 5.97 Å². The summed E-state index contributed by atoms with van der Waals surface area (Å²) < 4.78 is 59.5. The number of rotatable bonds is 10. The standard InChI is InChI=1S/C36H29F3N4O4/c37-27-13-21(18-40)5-6-23(27)19-46-34-4-1-3-30(42-34)26-17-28(38)24(14-29(26)39)16-33-41-31-10-7-22(35(44)45)15-32(31)43(33)20-36(25-8-9-25)11-2-12-47-36/h1,3-7,10,13-15,17,25H,2,8-9,11-12,16,19-20H2,(H,44,45). The smallest absolute Gasteiger partial charge is 0.335 e. The quantitative estimate of drug-likeness (QED) is 0.172. The van der Waals surface area contributed by atoms with Gasteiger partial charge in [0.15, 0.2) is 0 Å². The lowest BCUT2D eigenvalue weighted by Gasteiger charge is -2.30. The molecule has 5 aromatic rings. The highest BCUT2D eigenvalue weighted by Crippen LogP contribution is 2.48. The van der Waals surface area contributed by atoms with Crippen LogP contribution in [0.2, 0.25) is 0 Å². The van der Waals surface area contributed by atoms with Gasteiger partial charge in [0, 0.05) is 30.2 Å². The molecule has 7 rings (SSSR count). The van der Waals surface area contributed by atoms with Gasteiger partial charge in [-0.15, -0.1) is 0 Å². The SMILES string of the molecule is N#Cc1ccc(COc2cccc(-c3cc(F)c(Cc4nc5ccc(C(=O)O)cc5n4CC4(C5CC5)CCCO4)cc3F)n2)c(F)c1. The number of carboxylic acid groups (broad SMARTS) is 1. The predicted molar refractivity (Wildman–Crippen MR) is 165 cm³/mol. The fourth-order valence-electron chi connectivity index (χ4n) is 6.41. The number of hydrogen-bond donors (Lipinski definition) is 1. The second-order valence-electron chi connectivity index (χ2n) is 12.1. The van der Waals surface area contributed by atoms with Gasteiger partial charge in [-0.05, 0) is 85.7 Å². The van der Waals surface area contributed by atoms with Crippen molar-refractivity contribution >= 4 is 17.0 Å². The number of hydrogen-bond acceptors (Lipinski definition) is 6. The minimum absolute atomic E-state index is 0.0341. The molecule has 1 saturated carbocycles. The largest absolute Gasteiger partial charge is 0.478 e. The second-order valence-corrected chi connectivity index (χ2v) is 12.1. The molecule has 1 N–H and O–H groups in total. The van der Waals surface area contributed by atoms with E-state index >= 15 is 8.78 Å². The Morgan fingerprint density at radius 2 is 1.85 bits per heavy atom. The summed E-state index contributed by atoms with van der Waals surface area (Å²) in [7, 11) is 0.